The van der Waals surface area contributed by atoms with Gasteiger partial charge >= 0.3 is 0 Å². The second-order valence-electron chi connectivity index (χ2n) is 4.84. The van der Waals surface area contributed by atoms with Crippen LogP contribution in [0.2, 0.25) is 0 Å². The Morgan fingerprint density at radius 2 is 2.10 bits per heavy atom. The molecule has 0 amide bonds. The lowest BCUT2D eigenvalue weighted by molar-refractivity contribution is -0.385. The van der Waals surface area contributed by atoms with E-state index in [4.69, 9.17) is 0 Å². The summed E-state index contributed by atoms with van der Waals surface area (Å²) in [6, 6.07) is 4.13. The fourth-order valence-electron chi connectivity index (χ4n) is 1.91. The Hall–Kier alpha value is -1.76. The average molecular weight is 285 g/mol. The van der Waals surface area contributed by atoms with Crippen molar-refractivity contribution >= 4 is 11.4 Å². The zero-order chi connectivity index (χ0) is 14.5. The molecular weight excluding hydrogens is 268 g/mol. The van der Waals surface area contributed by atoms with E-state index in [1.54, 1.807) is 0 Å². The minimum atomic E-state index is -2.73. The maximum absolute atomic E-state index is 12.9. The Labute approximate surface area is 115 Å². The van der Waals surface area contributed by atoms with E-state index in [0.717, 1.165) is 19.0 Å². The van der Waals surface area contributed by atoms with E-state index >= 15 is 0 Å². The van der Waals surface area contributed by atoms with Crippen LogP contribution in [0.4, 0.5) is 20.2 Å². The van der Waals surface area contributed by atoms with E-state index in [9.17, 15) is 18.9 Å². The van der Waals surface area contributed by atoms with Crippen LogP contribution >= 0.6 is 0 Å². The molecule has 0 bridgehead atoms. The molecule has 1 aliphatic rings. The summed E-state index contributed by atoms with van der Waals surface area (Å²) in [5, 5.41) is 16.8. The van der Waals surface area contributed by atoms with Gasteiger partial charge in [0, 0.05) is 36.0 Å². The molecule has 1 aromatic carbocycles. The number of hydrogen-bond donors (Lipinski definition) is 2. The van der Waals surface area contributed by atoms with Gasteiger partial charge in [-0.3, -0.25) is 10.1 Å². The fourth-order valence-corrected chi connectivity index (χ4v) is 1.91. The van der Waals surface area contributed by atoms with Crippen LogP contribution in [0.3, 0.4) is 0 Å². The first-order valence-electron chi connectivity index (χ1n) is 6.61. The van der Waals surface area contributed by atoms with Gasteiger partial charge in [0.1, 0.15) is 0 Å². The standard InChI is InChI=1S/C13H17F2N3O2/c14-13(15)11-8-10(18(19)20)4-5-12(11)17-7-1-6-16-9-2-3-9/h4-5,8-9,13,16-17H,1-3,6-7H2. The Morgan fingerprint density at radius 1 is 1.35 bits per heavy atom. The van der Waals surface area contributed by atoms with Crippen LogP contribution in [0.15, 0.2) is 18.2 Å². The first-order valence-corrected chi connectivity index (χ1v) is 6.61. The van der Waals surface area contributed by atoms with Gasteiger partial charge in [-0.1, -0.05) is 0 Å². The summed E-state index contributed by atoms with van der Waals surface area (Å²) in [4.78, 5) is 9.92. The fraction of sp³-hybridized carbons (Fsp3) is 0.538. The van der Waals surface area contributed by atoms with Crippen molar-refractivity contribution < 1.29 is 13.7 Å². The number of anilines is 1. The predicted octanol–water partition coefficient (Wildman–Crippen LogP) is 3.09. The number of nitro groups is 1. The molecule has 2 N–H and O–H groups in total. The molecule has 110 valence electrons. The number of non-ortho nitro benzene ring substituents is 1. The van der Waals surface area contributed by atoms with Gasteiger partial charge < -0.3 is 10.6 Å². The Balaban J connectivity index is 1.89. The molecule has 5 nitrogen and oxygen atoms in total. The highest BCUT2D eigenvalue weighted by atomic mass is 19.3. The first kappa shape index (κ1) is 14.6. The SMILES string of the molecule is O=[N+]([O-])c1ccc(NCCCNC2CC2)c(C(F)F)c1. The molecule has 0 unspecified atom stereocenters. The van der Waals surface area contributed by atoms with Gasteiger partial charge in [-0.25, -0.2) is 8.78 Å². The van der Waals surface area contributed by atoms with E-state index in [-0.39, 0.29) is 16.9 Å². The van der Waals surface area contributed by atoms with Gasteiger partial charge in [0.25, 0.3) is 12.1 Å². The smallest absolute Gasteiger partial charge is 0.270 e. The minimum Gasteiger partial charge on any atom is -0.385 e. The van der Waals surface area contributed by atoms with Gasteiger partial charge in [-0.05, 0) is 31.9 Å². The quantitative estimate of drug-likeness (QED) is 0.437. The van der Waals surface area contributed by atoms with E-state index in [0.29, 0.717) is 12.6 Å². The second kappa shape index (κ2) is 6.60. The zero-order valence-corrected chi connectivity index (χ0v) is 10.9. The van der Waals surface area contributed by atoms with Crippen molar-refractivity contribution in [3.8, 4) is 0 Å². The molecule has 0 radical (unpaired) electrons. The molecule has 0 aromatic heterocycles. The number of nitrogens with zero attached hydrogens (tertiary/aromatic N) is 1. The lowest BCUT2D eigenvalue weighted by Gasteiger charge is -2.11. The Morgan fingerprint density at radius 3 is 2.70 bits per heavy atom. The summed E-state index contributed by atoms with van der Waals surface area (Å²) < 4.78 is 25.8. The van der Waals surface area contributed by atoms with Crippen molar-refractivity contribution in [1.29, 1.82) is 0 Å². The summed E-state index contributed by atoms with van der Waals surface area (Å²) in [5.41, 5.74) is -0.382. The highest BCUT2D eigenvalue weighted by Crippen LogP contribution is 2.30. The predicted molar refractivity (Wildman–Crippen MR) is 72.2 cm³/mol. The van der Waals surface area contributed by atoms with Crippen molar-refractivity contribution in [1.82, 2.24) is 5.32 Å². The molecule has 0 heterocycles. The largest absolute Gasteiger partial charge is 0.385 e. The maximum atomic E-state index is 12.9. The number of nitro benzene ring substituents is 1. The molecule has 2 rings (SSSR count). The Kier molecular flexibility index (Phi) is 4.84. The van der Waals surface area contributed by atoms with E-state index in [2.05, 4.69) is 10.6 Å². The zero-order valence-electron chi connectivity index (χ0n) is 10.9. The van der Waals surface area contributed by atoms with Crippen molar-refractivity contribution in [3.63, 3.8) is 0 Å². The highest BCUT2D eigenvalue weighted by molar-refractivity contribution is 5.56. The molecule has 20 heavy (non-hydrogen) atoms. The van der Waals surface area contributed by atoms with E-state index in [1.807, 2.05) is 0 Å². The number of alkyl halides is 2. The van der Waals surface area contributed by atoms with Gasteiger partial charge in [0.15, 0.2) is 0 Å². The van der Waals surface area contributed by atoms with Crippen LogP contribution in [-0.2, 0) is 0 Å². The molecule has 0 atom stereocenters. The monoisotopic (exact) mass is 285 g/mol. The minimum absolute atomic E-state index is 0.261. The van der Waals surface area contributed by atoms with Crippen LogP contribution in [0, 0.1) is 10.1 Å². The summed E-state index contributed by atoms with van der Waals surface area (Å²) in [5.74, 6) is 0. The molecular formula is C13H17F2N3O2. The number of hydrogen-bond acceptors (Lipinski definition) is 4. The van der Waals surface area contributed by atoms with Gasteiger partial charge in [0.05, 0.1) is 4.92 Å². The van der Waals surface area contributed by atoms with Crippen LogP contribution in [0.25, 0.3) is 0 Å². The van der Waals surface area contributed by atoms with Gasteiger partial charge in [-0.15, -0.1) is 0 Å². The number of halogens is 2. The molecule has 1 saturated carbocycles. The first-order chi connectivity index (χ1) is 9.58. The van der Waals surface area contributed by atoms with E-state index < -0.39 is 11.3 Å². The molecule has 1 aliphatic carbocycles. The highest BCUT2D eigenvalue weighted by Gasteiger charge is 2.20. The van der Waals surface area contributed by atoms with Crippen molar-refractivity contribution in [3.05, 3.63) is 33.9 Å². The number of nitrogens with one attached hydrogen (secondary N) is 2. The van der Waals surface area contributed by atoms with Crippen molar-refractivity contribution in [2.45, 2.75) is 31.7 Å². The third-order valence-electron chi connectivity index (χ3n) is 3.16. The third kappa shape index (κ3) is 4.12. The normalized spacial score (nSPS) is 14.6. The number of rotatable bonds is 8. The van der Waals surface area contributed by atoms with Crippen LogP contribution < -0.4 is 10.6 Å². The second-order valence-corrected chi connectivity index (χ2v) is 4.84. The topological polar surface area (TPSA) is 67.2 Å². The summed E-state index contributed by atoms with van der Waals surface area (Å²) >= 11 is 0. The molecule has 7 heteroatoms. The molecule has 1 aromatic rings. The lowest BCUT2D eigenvalue weighted by Crippen LogP contribution is -2.20. The van der Waals surface area contributed by atoms with Crippen LogP contribution in [0.1, 0.15) is 31.3 Å². The van der Waals surface area contributed by atoms with E-state index in [1.165, 1.54) is 25.0 Å². The molecule has 1 fully saturated rings. The molecule has 0 saturated heterocycles. The number of benzene rings is 1. The maximum Gasteiger partial charge on any atom is 0.270 e. The molecule has 0 spiro atoms. The Bertz CT molecular complexity index is 479. The lowest BCUT2D eigenvalue weighted by atomic mass is 10.1. The van der Waals surface area contributed by atoms with Crippen LogP contribution in [-0.4, -0.2) is 24.1 Å². The summed E-state index contributed by atoms with van der Waals surface area (Å²) in [6.45, 7) is 1.39. The van der Waals surface area contributed by atoms with Crippen LogP contribution in [0.5, 0.6) is 0 Å². The summed E-state index contributed by atoms with van der Waals surface area (Å²) in [7, 11) is 0. The third-order valence-corrected chi connectivity index (χ3v) is 3.16. The van der Waals surface area contributed by atoms with Gasteiger partial charge in [0.2, 0.25) is 0 Å². The van der Waals surface area contributed by atoms with Gasteiger partial charge in [-0.2, -0.15) is 0 Å². The van der Waals surface area contributed by atoms with Crippen molar-refractivity contribution in [2.75, 3.05) is 18.4 Å². The molecule has 0 aliphatic heterocycles. The van der Waals surface area contributed by atoms with Crippen molar-refractivity contribution in [2.24, 2.45) is 0 Å². The summed E-state index contributed by atoms with van der Waals surface area (Å²) in [6.07, 6.45) is 0.509. The average Bonchev–Trinajstić information content (AvgIpc) is 3.22.